The summed E-state index contributed by atoms with van der Waals surface area (Å²) in [7, 11) is 0. The molecule has 5 heteroatoms. The summed E-state index contributed by atoms with van der Waals surface area (Å²) < 4.78 is 44.2. The van der Waals surface area contributed by atoms with Gasteiger partial charge in [-0.3, -0.25) is 0 Å². The molecule has 0 saturated carbocycles. The highest BCUT2D eigenvalue weighted by atomic mass is 19.3. The van der Waals surface area contributed by atoms with Gasteiger partial charge in [-0.05, 0) is 43.5 Å². The Labute approximate surface area is 111 Å². The van der Waals surface area contributed by atoms with Gasteiger partial charge in [-0.15, -0.1) is 0 Å². The van der Waals surface area contributed by atoms with Crippen LogP contribution in [0.3, 0.4) is 0 Å². The first-order valence-corrected chi connectivity index (χ1v) is 6.46. The van der Waals surface area contributed by atoms with E-state index in [1.54, 1.807) is 12.1 Å². The van der Waals surface area contributed by atoms with Gasteiger partial charge >= 0.3 is 0 Å². The van der Waals surface area contributed by atoms with Crippen LogP contribution < -0.4 is 10.1 Å². The van der Waals surface area contributed by atoms with E-state index in [-0.39, 0.29) is 17.5 Å². The third-order valence-corrected chi connectivity index (χ3v) is 3.24. The Kier molecular flexibility index (Phi) is 4.34. The molecule has 19 heavy (non-hydrogen) atoms. The van der Waals surface area contributed by atoms with Crippen LogP contribution in [-0.4, -0.2) is 25.6 Å². The van der Waals surface area contributed by atoms with Crippen molar-refractivity contribution in [3.05, 3.63) is 29.6 Å². The van der Waals surface area contributed by atoms with Crippen molar-refractivity contribution >= 4 is 0 Å². The molecule has 2 rings (SSSR count). The van der Waals surface area contributed by atoms with Gasteiger partial charge in [0.2, 0.25) is 0 Å². The predicted octanol–water partition coefficient (Wildman–Crippen LogP) is 3.33. The third kappa shape index (κ3) is 4.13. The highest BCUT2D eigenvalue weighted by Gasteiger charge is 2.23. The number of nitrogens with one attached hydrogen (secondary N) is 1. The minimum atomic E-state index is -2.91. The second-order valence-electron chi connectivity index (χ2n) is 5.07. The molecule has 1 saturated heterocycles. The van der Waals surface area contributed by atoms with Crippen LogP contribution in [0.1, 0.15) is 31.2 Å². The number of piperidine rings is 1. The van der Waals surface area contributed by atoms with E-state index in [1.165, 1.54) is 6.07 Å². The van der Waals surface area contributed by atoms with Crippen molar-refractivity contribution in [3.63, 3.8) is 0 Å². The van der Waals surface area contributed by atoms with E-state index >= 15 is 0 Å². The molecular formula is C14H18F3NO. The van der Waals surface area contributed by atoms with E-state index < -0.39 is 12.5 Å². The van der Waals surface area contributed by atoms with Gasteiger partial charge < -0.3 is 10.1 Å². The highest BCUT2D eigenvalue weighted by Crippen LogP contribution is 2.29. The van der Waals surface area contributed by atoms with Crippen molar-refractivity contribution in [2.45, 2.75) is 31.6 Å². The Morgan fingerprint density at radius 3 is 2.58 bits per heavy atom. The largest absolute Gasteiger partial charge is 0.487 e. The molecule has 0 amide bonds. The molecule has 0 aromatic heterocycles. The molecule has 1 fully saturated rings. The molecule has 0 radical (unpaired) electrons. The smallest absolute Gasteiger partial charge is 0.278 e. The van der Waals surface area contributed by atoms with Crippen LogP contribution in [0.4, 0.5) is 13.2 Å². The molecule has 0 atom stereocenters. The molecule has 1 aliphatic heterocycles. The van der Waals surface area contributed by atoms with Crippen LogP contribution in [0.15, 0.2) is 18.2 Å². The third-order valence-electron chi connectivity index (χ3n) is 3.24. The van der Waals surface area contributed by atoms with E-state index in [0.29, 0.717) is 5.56 Å². The van der Waals surface area contributed by atoms with Crippen molar-refractivity contribution in [3.8, 4) is 5.75 Å². The quantitative estimate of drug-likeness (QED) is 0.908. The van der Waals surface area contributed by atoms with Gasteiger partial charge in [-0.25, -0.2) is 13.2 Å². The predicted molar refractivity (Wildman–Crippen MR) is 67.4 cm³/mol. The fraction of sp³-hybridized carbons (Fsp3) is 0.571. The lowest BCUT2D eigenvalue weighted by Gasteiger charge is -2.23. The highest BCUT2D eigenvalue weighted by molar-refractivity contribution is 5.31. The maximum absolute atomic E-state index is 14.0. The van der Waals surface area contributed by atoms with Gasteiger partial charge in [0, 0.05) is 13.0 Å². The van der Waals surface area contributed by atoms with Gasteiger partial charge in [0.15, 0.2) is 6.61 Å². The molecule has 1 N–H and O–H groups in total. The number of hydrogen-bond acceptors (Lipinski definition) is 2. The zero-order valence-corrected chi connectivity index (χ0v) is 10.9. The minimum absolute atomic E-state index is 0.150. The van der Waals surface area contributed by atoms with Crippen molar-refractivity contribution in [1.29, 1.82) is 0 Å². The second kappa shape index (κ2) is 5.82. The van der Waals surface area contributed by atoms with E-state index in [1.807, 2.05) is 0 Å². The molecular weight excluding hydrogens is 255 g/mol. The molecule has 0 spiro atoms. The van der Waals surface area contributed by atoms with E-state index in [9.17, 15) is 13.2 Å². The second-order valence-corrected chi connectivity index (χ2v) is 5.07. The Morgan fingerprint density at radius 2 is 2.00 bits per heavy atom. The number of benzene rings is 1. The lowest BCUT2D eigenvalue weighted by atomic mass is 9.90. The van der Waals surface area contributed by atoms with Gasteiger partial charge in [0.1, 0.15) is 11.6 Å². The summed E-state index contributed by atoms with van der Waals surface area (Å²) in [6.45, 7) is 1.79. The number of ether oxygens (including phenoxy) is 1. The van der Waals surface area contributed by atoms with Crippen LogP contribution >= 0.6 is 0 Å². The van der Waals surface area contributed by atoms with Crippen LogP contribution in [0.5, 0.6) is 5.75 Å². The molecule has 0 aliphatic carbocycles. The number of alkyl halides is 2. The summed E-state index contributed by atoms with van der Waals surface area (Å²) in [5.74, 6) is -2.94. The maximum atomic E-state index is 14.0. The Hall–Kier alpha value is -1.23. The molecule has 1 aromatic carbocycles. The van der Waals surface area contributed by atoms with Crippen molar-refractivity contribution in [2.75, 3.05) is 19.7 Å². The molecule has 106 valence electrons. The first-order valence-electron chi connectivity index (χ1n) is 6.46. The van der Waals surface area contributed by atoms with Crippen molar-refractivity contribution in [1.82, 2.24) is 5.32 Å². The topological polar surface area (TPSA) is 21.3 Å². The number of rotatable bonds is 4. The fourth-order valence-corrected chi connectivity index (χ4v) is 2.27. The summed E-state index contributed by atoms with van der Waals surface area (Å²) in [6.07, 6.45) is 1.79. The normalized spacial score (nSPS) is 17.5. The monoisotopic (exact) mass is 273 g/mol. The molecule has 0 bridgehead atoms. The molecule has 0 unspecified atom stereocenters. The Bertz CT molecular complexity index is 425. The Morgan fingerprint density at radius 1 is 1.32 bits per heavy atom. The molecule has 1 aromatic rings. The maximum Gasteiger partial charge on any atom is 0.278 e. The van der Waals surface area contributed by atoms with Crippen LogP contribution in [-0.2, 0) is 0 Å². The summed E-state index contributed by atoms with van der Waals surface area (Å²) in [5.41, 5.74) is 0.650. The summed E-state index contributed by atoms with van der Waals surface area (Å²) >= 11 is 0. The van der Waals surface area contributed by atoms with Crippen molar-refractivity contribution < 1.29 is 17.9 Å². The van der Waals surface area contributed by atoms with Gasteiger partial charge in [-0.1, -0.05) is 6.07 Å². The Balaban J connectivity index is 2.04. The van der Waals surface area contributed by atoms with Gasteiger partial charge in [0.25, 0.3) is 5.92 Å². The zero-order valence-electron chi connectivity index (χ0n) is 10.9. The van der Waals surface area contributed by atoms with Crippen LogP contribution in [0.25, 0.3) is 0 Å². The summed E-state index contributed by atoms with van der Waals surface area (Å²) in [6, 6.07) is 4.41. The van der Waals surface area contributed by atoms with E-state index in [2.05, 4.69) is 5.32 Å². The molecule has 2 nitrogen and oxygen atoms in total. The lowest BCUT2D eigenvalue weighted by Crippen LogP contribution is -2.27. The first kappa shape index (κ1) is 14.2. The van der Waals surface area contributed by atoms with Crippen molar-refractivity contribution in [2.24, 2.45) is 0 Å². The van der Waals surface area contributed by atoms with E-state index in [4.69, 9.17) is 4.74 Å². The first-order chi connectivity index (χ1) is 8.96. The average Bonchev–Trinajstić information content (AvgIpc) is 2.37. The van der Waals surface area contributed by atoms with Gasteiger partial charge in [0.05, 0.1) is 0 Å². The van der Waals surface area contributed by atoms with Crippen LogP contribution in [0, 0.1) is 5.82 Å². The number of halogens is 3. The average molecular weight is 273 g/mol. The fourth-order valence-electron chi connectivity index (χ4n) is 2.27. The SMILES string of the molecule is CC(F)(F)COc1ccc(C2CCNCC2)c(F)c1. The van der Waals surface area contributed by atoms with Crippen LogP contribution in [0.2, 0.25) is 0 Å². The minimum Gasteiger partial charge on any atom is -0.487 e. The molecule has 1 heterocycles. The van der Waals surface area contributed by atoms with E-state index in [0.717, 1.165) is 32.9 Å². The molecule has 1 aliphatic rings. The van der Waals surface area contributed by atoms with Gasteiger partial charge in [-0.2, -0.15) is 0 Å². The standard InChI is InChI=1S/C14H18F3NO/c1-14(16,17)9-19-11-2-3-12(13(15)8-11)10-4-6-18-7-5-10/h2-3,8,10,18H,4-7,9H2,1H3. The summed E-state index contributed by atoms with van der Waals surface area (Å²) in [5, 5.41) is 3.22. The number of hydrogen-bond donors (Lipinski definition) is 1. The zero-order chi connectivity index (χ0) is 13.9. The summed E-state index contributed by atoms with van der Waals surface area (Å²) in [4.78, 5) is 0. The lowest BCUT2D eigenvalue weighted by molar-refractivity contribution is -0.0230.